The highest BCUT2D eigenvalue weighted by Crippen LogP contribution is 2.49. The molecule has 3 rings (SSSR count). The summed E-state index contributed by atoms with van der Waals surface area (Å²) in [5, 5.41) is 21.8. The van der Waals surface area contributed by atoms with Gasteiger partial charge in [-0.1, -0.05) is 12.1 Å². The van der Waals surface area contributed by atoms with Gasteiger partial charge in [0.25, 0.3) is 0 Å². The molecule has 0 heterocycles. The fourth-order valence-corrected chi connectivity index (χ4v) is 4.00. The van der Waals surface area contributed by atoms with Gasteiger partial charge in [-0.05, 0) is 42.9 Å². The lowest BCUT2D eigenvalue weighted by molar-refractivity contribution is -0.570. The normalized spacial score (nSPS) is 34.3. The zero-order valence-electron chi connectivity index (χ0n) is 12.4. The summed E-state index contributed by atoms with van der Waals surface area (Å²) in [5.74, 6) is -0.226. The third-order valence-electron chi connectivity index (χ3n) is 5.22. The number of benzene rings is 1. The van der Waals surface area contributed by atoms with Crippen molar-refractivity contribution in [3.63, 3.8) is 0 Å². The Morgan fingerprint density at radius 2 is 2.00 bits per heavy atom. The topological polar surface area (TPSA) is 89.7 Å². The first-order valence-electron chi connectivity index (χ1n) is 7.51. The van der Waals surface area contributed by atoms with Crippen LogP contribution in [0.5, 0.6) is 5.75 Å². The van der Waals surface area contributed by atoms with E-state index in [0.29, 0.717) is 12.8 Å². The van der Waals surface area contributed by atoms with E-state index in [1.54, 1.807) is 7.11 Å². The molecule has 0 amide bonds. The molecule has 118 valence electrons. The van der Waals surface area contributed by atoms with Gasteiger partial charge in [-0.25, -0.2) is 0 Å². The van der Waals surface area contributed by atoms with Crippen molar-refractivity contribution in [3.8, 4) is 5.75 Å². The molecule has 1 N–H and O–H groups in total. The SMILES string of the molecule is COc1ccc([C@@H]2CC(O)[C@@]3([N+](=O)[O-])CCC[C@@H]2C3=O)cc1. The highest BCUT2D eigenvalue weighted by atomic mass is 16.6. The highest BCUT2D eigenvalue weighted by molar-refractivity contribution is 5.92. The fourth-order valence-electron chi connectivity index (χ4n) is 4.00. The Hall–Kier alpha value is -1.95. The van der Waals surface area contributed by atoms with E-state index in [4.69, 9.17) is 4.74 Å². The summed E-state index contributed by atoms with van der Waals surface area (Å²) in [5.41, 5.74) is -0.858. The van der Waals surface area contributed by atoms with Gasteiger partial charge in [0.2, 0.25) is 5.78 Å². The molecule has 1 unspecified atom stereocenters. The zero-order valence-corrected chi connectivity index (χ0v) is 12.4. The van der Waals surface area contributed by atoms with E-state index in [0.717, 1.165) is 11.3 Å². The predicted molar refractivity (Wildman–Crippen MR) is 78.4 cm³/mol. The number of nitrogens with zero attached hydrogens (tertiary/aromatic N) is 1. The molecule has 0 aromatic heterocycles. The Balaban J connectivity index is 1.95. The number of carbonyl (C=O) groups is 1. The fraction of sp³-hybridized carbons (Fsp3) is 0.562. The maximum atomic E-state index is 12.7. The molecule has 4 atom stereocenters. The maximum absolute atomic E-state index is 12.7. The van der Waals surface area contributed by atoms with Crippen LogP contribution in [0.1, 0.15) is 37.2 Å². The van der Waals surface area contributed by atoms with Crippen LogP contribution in [-0.2, 0) is 4.79 Å². The van der Waals surface area contributed by atoms with E-state index in [9.17, 15) is 20.0 Å². The van der Waals surface area contributed by atoms with Crippen molar-refractivity contribution in [2.45, 2.75) is 43.2 Å². The molecular weight excluding hydrogens is 286 g/mol. The van der Waals surface area contributed by atoms with Gasteiger partial charge in [0, 0.05) is 17.3 Å². The number of aliphatic hydroxyl groups excluding tert-OH is 1. The minimum Gasteiger partial charge on any atom is -0.497 e. The van der Waals surface area contributed by atoms with Crippen LogP contribution in [0.4, 0.5) is 0 Å². The van der Waals surface area contributed by atoms with Crippen molar-refractivity contribution < 1.29 is 19.6 Å². The van der Waals surface area contributed by atoms with Crippen LogP contribution in [0.25, 0.3) is 0 Å². The van der Waals surface area contributed by atoms with Crippen molar-refractivity contribution in [1.82, 2.24) is 0 Å². The highest BCUT2D eigenvalue weighted by Gasteiger charge is 2.65. The molecule has 0 spiro atoms. The second-order valence-electron chi connectivity index (χ2n) is 6.18. The lowest BCUT2D eigenvalue weighted by atomic mass is 9.59. The van der Waals surface area contributed by atoms with Crippen molar-refractivity contribution >= 4 is 5.78 Å². The summed E-state index contributed by atoms with van der Waals surface area (Å²) in [4.78, 5) is 23.5. The number of fused-ring (bicyclic) bond motifs is 2. The van der Waals surface area contributed by atoms with E-state index in [1.165, 1.54) is 0 Å². The van der Waals surface area contributed by atoms with Gasteiger partial charge in [-0.2, -0.15) is 0 Å². The summed E-state index contributed by atoms with van der Waals surface area (Å²) >= 11 is 0. The Kier molecular flexibility index (Phi) is 3.64. The number of hydrogen-bond acceptors (Lipinski definition) is 5. The average molecular weight is 305 g/mol. The molecule has 22 heavy (non-hydrogen) atoms. The van der Waals surface area contributed by atoms with Crippen LogP contribution in [0.15, 0.2) is 24.3 Å². The molecule has 1 aromatic carbocycles. The summed E-state index contributed by atoms with van der Waals surface area (Å²) in [7, 11) is 1.58. The van der Waals surface area contributed by atoms with Crippen LogP contribution in [0, 0.1) is 16.0 Å². The Morgan fingerprint density at radius 1 is 1.32 bits per heavy atom. The number of methoxy groups -OCH3 is 1. The number of aliphatic hydroxyl groups is 1. The van der Waals surface area contributed by atoms with Crippen LogP contribution in [0.2, 0.25) is 0 Å². The lowest BCUT2D eigenvalue weighted by Crippen LogP contribution is -2.64. The van der Waals surface area contributed by atoms with Gasteiger partial charge in [0.15, 0.2) is 0 Å². The Morgan fingerprint density at radius 3 is 2.59 bits per heavy atom. The summed E-state index contributed by atoms with van der Waals surface area (Å²) in [6.07, 6.45) is 0.424. The third-order valence-corrected chi connectivity index (χ3v) is 5.22. The smallest absolute Gasteiger partial charge is 0.304 e. The number of Topliss-reactive ketones (excluding diaryl/α,β-unsaturated/α-hetero) is 1. The second-order valence-corrected chi connectivity index (χ2v) is 6.18. The van der Waals surface area contributed by atoms with Gasteiger partial charge < -0.3 is 9.84 Å². The van der Waals surface area contributed by atoms with Crippen LogP contribution >= 0.6 is 0 Å². The van der Waals surface area contributed by atoms with Gasteiger partial charge in [0.1, 0.15) is 11.9 Å². The van der Waals surface area contributed by atoms with Gasteiger partial charge in [-0.3, -0.25) is 14.9 Å². The predicted octanol–water partition coefficient (Wildman–Crippen LogP) is 1.93. The number of hydrogen-bond donors (Lipinski definition) is 1. The Labute approximate surface area is 128 Å². The van der Waals surface area contributed by atoms with E-state index >= 15 is 0 Å². The zero-order chi connectivity index (χ0) is 15.9. The van der Waals surface area contributed by atoms with Crippen molar-refractivity contribution in [3.05, 3.63) is 39.9 Å². The lowest BCUT2D eigenvalue weighted by Gasteiger charge is -2.44. The monoisotopic (exact) mass is 305 g/mol. The molecule has 2 aliphatic rings. The number of rotatable bonds is 3. The summed E-state index contributed by atoms with van der Waals surface area (Å²) in [6.45, 7) is 0. The molecule has 0 aliphatic heterocycles. The first-order valence-corrected chi connectivity index (χ1v) is 7.51. The van der Waals surface area contributed by atoms with E-state index in [-0.39, 0.29) is 24.7 Å². The molecule has 1 aromatic rings. The standard InChI is InChI=1S/C16H19NO5/c1-22-11-6-4-10(5-7-11)13-9-14(18)16(17(20)21)8-2-3-12(13)15(16)19/h4-7,12-14,18H,2-3,8-9H2,1H3/t12-,13-,14?,16-/m0/s1. The van der Waals surface area contributed by atoms with E-state index in [1.807, 2.05) is 24.3 Å². The minimum atomic E-state index is -1.79. The maximum Gasteiger partial charge on any atom is 0.304 e. The molecule has 2 aliphatic carbocycles. The Bertz CT molecular complexity index is 599. The molecule has 6 nitrogen and oxygen atoms in total. The van der Waals surface area contributed by atoms with E-state index in [2.05, 4.69) is 0 Å². The largest absolute Gasteiger partial charge is 0.497 e. The second kappa shape index (κ2) is 5.35. The molecule has 0 radical (unpaired) electrons. The third kappa shape index (κ3) is 2.01. The molecule has 6 heteroatoms. The summed E-state index contributed by atoms with van der Waals surface area (Å²) < 4.78 is 5.12. The van der Waals surface area contributed by atoms with Crippen LogP contribution in [0.3, 0.4) is 0 Å². The van der Waals surface area contributed by atoms with Crippen LogP contribution in [-0.4, -0.2) is 34.6 Å². The van der Waals surface area contributed by atoms with Crippen molar-refractivity contribution in [2.75, 3.05) is 7.11 Å². The number of carbonyl (C=O) groups excluding carboxylic acids is 1. The van der Waals surface area contributed by atoms with Crippen molar-refractivity contribution in [2.24, 2.45) is 5.92 Å². The van der Waals surface area contributed by atoms with Gasteiger partial charge in [-0.15, -0.1) is 0 Å². The van der Waals surface area contributed by atoms with Crippen molar-refractivity contribution in [1.29, 1.82) is 0 Å². The first-order chi connectivity index (χ1) is 10.5. The number of ketones is 1. The minimum absolute atomic E-state index is 0.145. The molecule has 2 bridgehead atoms. The molecule has 2 fully saturated rings. The quantitative estimate of drug-likeness (QED) is 0.680. The number of ether oxygens (including phenoxy) is 1. The molecular formula is C16H19NO5. The van der Waals surface area contributed by atoms with Gasteiger partial charge in [0.05, 0.1) is 7.11 Å². The molecule has 0 saturated heterocycles. The summed E-state index contributed by atoms with van der Waals surface area (Å²) in [6, 6.07) is 7.36. The first kappa shape index (κ1) is 15.0. The number of nitro groups is 1. The van der Waals surface area contributed by atoms with E-state index < -0.39 is 22.3 Å². The average Bonchev–Trinajstić information content (AvgIpc) is 2.51. The van der Waals surface area contributed by atoms with Gasteiger partial charge >= 0.3 is 5.54 Å². The molecule has 2 saturated carbocycles. The van der Waals surface area contributed by atoms with Crippen LogP contribution < -0.4 is 4.74 Å².